The maximum atomic E-state index is 12.6. The van der Waals surface area contributed by atoms with Gasteiger partial charge in [0.1, 0.15) is 24.9 Å². The SMILES string of the molecule is CCCC(C)OC(=O)OC[C@H](C)OC(=O)[C@@H](N)Cc1ccc(OC(=O)C(C)CCC)c(OC(=O)C(C)CCC)c1. The molecule has 1 aromatic rings. The Kier molecular flexibility index (Phi) is 15.9. The van der Waals surface area contributed by atoms with Crippen LogP contribution in [0.3, 0.4) is 0 Å². The van der Waals surface area contributed by atoms with Crippen molar-refractivity contribution in [2.24, 2.45) is 17.6 Å². The van der Waals surface area contributed by atoms with E-state index in [0.29, 0.717) is 24.8 Å². The molecule has 10 heteroatoms. The van der Waals surface area contributed by atoms with Crippen molar-refractivity contribution in [3.63, 3.8) is 0 Å². The van der Waals surface area contributed by atoms with Crippen LogP contribution in [0.4, 0.5) is 4.79 Å². The predicted molar refractivity (Wildman–Crippen MR) is 150 cm³/mol. The van der Waals surface area contributed by atoms with E-state index < -0.39 is 36.2 Å². The Balaban J connectivity index is 2.88. The fraction of sp³-hybridized carbons (Fsp3) is 0.667. The van der Waals surface area contributed by atoms with Crippen molar-refractivity contribution in [3.05, 3.63) is 23.8 Å². The smallest absolute Gasteiger partial charge is 0.458 e. The first kappa shape index (κ1) is 34.9. The van der Waals surface area contributed by atoms with E-state index in [-0.39, 0.29) is 42.5 Å². The van der Waals surface area contributed by atoms with Crippen LogP contribution in [0.25, 0.3) is 0 Å². The van der Waals surface area contributed by atoms with Crippen LogP contribution in [0.15, 0.2) is 18.2 Å². The summed E-state index contributed by atoms with van der Waals surface area (Å²) in [6, 6.07) is 3.67. The Morgan fingerprint density at radius 2 is 1.27 bits per heavy atom. The van der Waals surface area contributed by atoms with Crippen LogP contribution >= 0.6 is 0 Å². The molecule has 0 spiro atoms. The van der Waals surface area contributed by atoms with Gasteiger partial charge in [0.2, 0.25) is 0 Å². The quantitative estimate of drug-likeness (QED) is 0.190. The first-order valence-corrected chi connectivity index (χ1v) is 14.3. The van der Waals surface area contributed by atoms with Crippen LogP contribution in [0.1, 0.15) is 92.6 Å². The lowest BCUT2D eigenvalue weighted by Crippen LogP contribution is -2.37. The van der Waals surface area contributed by atoms with E-state index in [1.54, 1.807) is 33.8 Å². The van der Waals surface area contributed by atoms with Crippen molar-refractivity contribution in [2.45, 2.75) is 112 Å². The molecule has 0 aliphatic heterocycles. The third kappa shape index (κ3) is 12.8. The summed E-state index contributed by atoms with van der Waals surface area (Å²) in [6.07, 6.45) is 2.77. The van der Waals surface area contributed by atoms with Gasteiger partial charge in [-0.1, -0.05) is 59.9 Å². The average Bonchev–Trinajstić information content (AvgIpc) is 2.89. The molecule has 40 heavy (non-hydrogen) atoms. The zero-order valence-electron chi connectivity index (χ0n) is 25.0. The summed E-state index contributed by atoms with van der Waals surface area (Å²) in [5.41, 5.74) is 6.66. The summed E-state index contributed by atoms with van der Waals surface area (Å²) < 4.78 is 26.6. The van der Waals surface area contributed by atoms with Gasteiger partial charge in [0.15, 0.2) is 11.5 Å². The molecule has 0 amide bonds. The number of ether oxygens (including phenoxy) is 5. The van der Waals surface area contributed by atoms with Crippen LogP contribution in [0.5, 0.6) is 11.5 Å². The number of hydrogen-bond acceptors (Lipinski definition) is 10. The summed E-state index contributed by atoms with van der Waals surface area (Å²) in [4.78, 5) is 49.5. The molecular formula is C30H47NO9. The Morgan fingerprint density at radius 1 is 0.725 bits per heavy atom. The van der Waals surface area contributed by atoms with Crippen LogP contribution in [-0.4, -0.2) is 48.9 Å². The molecule has 1 rings (SSSR count). The number of hydrogen-bond donors (Lipinski definition) is 1. The molecule has 0 aromatic heterocycles. The summed E-state index contributed by atoms with van der Waals surface area (Å²) in [5.74, 6) is -2.02. The highest BCUT2D eigenvalue weighted by atomic mass is 16.7. The fourth-order valence-corrected chi connectivity index (χ4v) is 3.87. The number of carbonyl (C=O) groups is 4. The summed E-state index contributed by atoms with van der Waals surface area (Å²) >= 11 is 0. The zero-order valence-corrected chi connectivity index (χ0v) is 25.0. The van der Waals surface area contributed by atoms with Crippen molar-refractivity contribution < 1.29 is 42.9 Å². The molecule has 0 saturated carbocycles. The Morgan fingerprint density at radius 3 is 1.82 bits per heavy atom. The number of nitrogens with two attached hydrogens (primary N) is 1. The van der Waals surface area contributed by atoms with E-state index in [2.05, 4.69) is 0 Å². The van der Waals surface area contributed by atoms with Gasteiger partial charge in [-0.2, -0.15) is 0 Å². The van der Waals surface area contributed by atoms with Gasteiger partial charge in [-0.25, -0.2) is 4.79 Å². The number of rotatable bonds is 17. The minimum atomic E-state index is -1.04. The van der Waals surface area contributed by atoms with Crippen LogP contribution in [-0.2, 0) is 35.0 Å². The number of carbonyl (C=O) groups excluding carboxylic acids is 4. The summed E-state index contributed by atoms with van der Waals surface area (Å²) in [7, 11) is 0. The molecule has 3 unspecified atom stereocenters. The second kappa shape index (κ2) is 18.3. The lowest BCUT2D eigenvalue weighted by Gasteiger charge is -2.19. The number of esters is 3. The van der Waals surface area contributed by atoms with Gasteiger partial charge in [0, 0.05) is 0 Å². The van der Waals surface area contributed by atoms with Crippen LogP contribution in [0, 0.1) is 11.8 Å². The molecule has 0 bridgehead atoms. The zero-order chi connectivity index (χ0) is 30.2. The maximum absolute atomic E-state index is 12.6. The second-order valence-corrected chi connectivity index (χ2v) is 10.3. The van der Waals surface area contributed by atoms with Gasteiger partial charge >= 0.3 is 24.1 Å². The van der Waals surface area contributed by atoms with E-state index in [0.717, 1.165) is 19.3 Å². The van der Waals surface area contributed by atoms with Crippen LogP contribution in [0.2, 0.25) is 0 Å². The predicted octanol–water partition coefficient (Wildman–Crippen LogP) is 5.51. The molecule has 10 nitrogen and oxygen atoms in total. The van der Waals surface area contributed by atoms with Gasteiger partial charge < -0.3 is 29.4 Å². The van der Waals surface area contributed by atoms with E-state index in [1.165, 1.54) is 12.1 Å². The van der Waals surface area contributed by atoms with Gasteiger partial charge in [-0.05, 0) is 57.2 Å². The van der Waals surface area contributed by atoms with Crippen molar-refractivity contribution in [1.29, 1.82) is 0 Å². The number of benzene rings is 1. The van der Waals surface area contributed by atoms with Gasteiger partial charge in [-0.3, -0.25) is 14.4 Å². The Labute approximate surface area is 238 Å². The Hall–Kier alpha value is -3.14. The van der Waals surface area contributed by atoms with E-state index in [4.69, 9.17) is 29.4 Å². The van der Waals surface area contributed by atoms with Gasteiger partial charge in [0.05, 0.1) is 11.8 Å². The average molecular weight is 566 g/mol. The first-order chi connectivity index (χ1) is 18.9. The highest BCUT2D eigenvalue weighted by Crippen LogP contribution is 2.31. The Bertz CT molecular complexity index is 964. The molecular weight excluding hydrogens is 518 g/mol. The standard InChI is InChI=1S/C30H47NO9/c1-8-11-19(4)27(32)39-25-15-14-23(17-26(25)40-28(33)20(5)12-9-2)16-24(31)29(34)37-22(7)18-36-30(35)38-21(6)13-10-3/h14-15,17,19-22,24H,8-13,16,18,31H2,1-7H3/t19?,20?,21?,22-,24-/m0/s1. The van der Waals surface area contributed by atoms with E-state index >= 15 is 0 Å². The fourth-order valence-electron chi connectivity index (χ4n) is 3.87. The van der Waals surface area contributed by atoms with Crippen molar-refractivity contribution in [3.8, 4) is 11.5 Å². The lowest BCUT2D eigenvalue weighted by molar-refractivity contribution is -0.152. The summed E-state index contributed by atoms with van der Waals surface area (Å²) in [5, 5.41) is 0. The van der Waals surface area contributed by atoms with Crippen molar-refractivity contribution >= 4 is 24.1 Å². The summed E-state index contributed by atoms with van der Waals surface area (Å²) in [6.45, 7) is 12.7. The third-order valence-corrected chi connectivity index (χ3v) is 6.18. The molecule has 0 saturated heterocycles. The normalized spacial score (nSPS) is 14.7. The molecule has 0 heterocycles. The third-order valence-electron chi connectivity index (χ3n) is 6.18. The van der Waals surface area contributed by atoms with Gasteiger partial charge in [0.25, 0.3) is 0 Å². The molecule has 2 N–H and O–H groups in total. The molecule has 0 aliphatic carbocycles. The highest BCUT2D eigenvalue weighted by molar-refractivity contribution is 5.79. The topological polar surface area (TPSA) is 140 Å². The molecule has 0 radical (unpaired) electrons. The van der Waals surface area contributed by atoms with Crippen LogP contribution < -0.4 is 15.2 Å². The molecule has 0 fully saturated rings. The van der Waals surface area contributed by atoms with Crippen molar-refractivity contribution in [1.82, 2.24) is 0 Å². The second-order valence-electron chi connectivity index (χ2n) is 10.3. The minimum Gasteiger partial charge on any atom is -0.458 e. The van der Waals surface area contributed by atoms with E-state index in [9.17, 15) is 19.2 Å². The van der Waals surface area contributed by atoms with Crippen molar-refractivity contribution in [2.75, 3.05) is 6.61 Å². The minimum absolute atomic E-state index is 0.0680. The largest absolute Gasteiger partial charge is 0.508 e. The molecule has 5 atom stereocenters. The molecule has 1 aromatic carbocycles. The maximum Gasteiger partial charge on any atom is 0.508 e. The molecule has 226 valence electrons. The molecule has 0 aliphatic rings. The highest BCUT2D eigenvalue weighted by Gasteiger charge is 2.24. The lowest BCUT2D eigenvalue weighted by atomic mass is 10.0. The van der Waals surface area contributed by atoms with E-state index in [1.807, 2.05) is 20.8 Å². The van der Waals surface area contributed by atoms with Gasteiger partial charge in [-0.15, -0.1) is 0 Å². The monoisotopic (exact) mass is 565 g/mol. The first-order valence-electron chi connectivity index (χ1n) is 14.3.